The molecule has 22 heavy (non-hydrogen) atoms. The Morgan fingerprint density at radius 1 is 1.00 bits per heavy atom. The molecule has 0 bridgehead atoms. The molecule has 0 heterocycles. The molecule has 0 amide bonds. The van der Waals surface area contributed by atoms with Crippen LogP contribution in [0.15, 0.2) is 29.3 Å². The number of aromatic hydroxyl groups is 1. The number of rotatable bonds is 11. The molecule has 0 spiro atoms. The van der Waals surface area contributed by atoms with Gasteiger partial charge in [0.1, 0.15) is 5.75 Å². The molecule has 6 N–H and O–H groups in total. The molecular weight excluding hydrogens is 302 g/mol. The fourth-order valence-electron chi connectivity index (χ4n) is 1.78. The Balaban J connectivity index is 1.95. The van der Waals surface area contributed by atoms with Crippen molar-refractivity contribution in [3.63, 3.8) is 0 Å². The molecule has 0 aliphatic carbocycles. The van der Waals surface area contributed by atoms with Crippen LogP contribution < -0.4 is 10.6 Å². The van der Waals surface area contributed by atoms with E-state index in [1.54, 1.807) is 24.4 Å². The third-order valence-electron chi connectivity index (χ3n) is 2.93. The van der Waals surface area contributed by atoms with Crippen LogP contribution in [0.2, 0.25) is 6.04 Å². The molecule has 1 aromatic rings. The van der Waals surface area contributed by atoms with Gasteiger partial charge in [-0.3, -0.25) is 4.99 Å². The van der Waals surface area contributed by atoms with E-state index >= 15 is 0 Å². The maximum atomic E-state index is 9.54. The van der Waals surface area contributed by atoms with E-state index in [-0.39, 0.29) is 11.8 Å². The first-order valence-electron chi connectivity index (χ1n) is 7.35. The molecule has 0 aliphatic heterocycles. The molecule has 1 rings (SSSR count). The molecule has 0 aliphatic rings. The molecular formula is C14H25N3O4Si. The van der Waals surface area contributed by atoms with E-state index in [9.17, 15) is 5.11 Å². The van der Waals surface area contributed by atoms with Crippen molar-refractivity contribution in [3.8, 4) is 5.75 Å². The third-order valence-corrected chi connectivity index (χ3v) is 3.95. The lowest BCUT2D eigenvalue weighted by Crippen LogP contribution is -2.36. The van der Waals surface area contributed by atoms with E-state index in [0.717, 1.165) is 19.6 Å². The second-order valence-electron chi connectivity index (χ2n) is 4.97. The molecule has 0 fully saturated rings. The Kier molecular flexibility index (Phi) is 8.90. The normalized spacial score (nSPS) is 12.1. The van der Waals surface area contributed by atoms with Crippen LogP contribution in [-0.4, -0.2) is 67.2 Å². The summed E-state index contributed by atoms with van der Waals surface area (Å²) < 4.78 is 0. The Hall–Kier alpha value is -1.29. The van der Waals surface area contributed by atoms with Crippen molar-refractivity contribution in [2.75, 3.05) is 32.7 Å². The van der Waals surface area contributed by atoms with Crippen LogP contribution in [-0.2, 0) is 0 Å². The van der Waals surface area contributed by atoms with E-state index in [2.05, 4.69) is 15.6 Å². The first-order valence-corrected chi connectivity index (χ1v) is 9.40. The van der Waals surface area contributed by atoms with Gasteiger partial charge in [-0.05, 0) is 25.1 Å². The van der Waals surface area contributed by atoms with Crippen molar-refractivity contribution >= 4 is 15.0 Å². The quantitative estimate of drug-likeness (QED) is 0.182. The first kappa shape index (κ1) is 18.8. The van der Waals surface area contributed by atoms with Gasteiger partial charge >= 0.3 is 8.80 Å². The van der Waals surface area contributed by atoms with Gasteiger partial charge in [0.25, 0.3) is 0 Å². The van der Waals surface area contributed by atoms with Crippen LogP contribution >= 0.6 is 0 Å². The van der Waals surface area contributed by atoms with Crippen molar-refractivity contribution in [1.29, 1.82) is 0 Å². The Morgan fingerprint density at radius 3 is 2.36 bits per heavy atom. The largest absolute Gasteiger partial charge is 0.507 e. The maximum absolute atomic E-state index is 9.54. The Morgan fingerprint density at radius 2 is 1.68 bits per heavy atom. The summed E-state index contributed by atoms with van der Waals surface area (Å²) in [5, 5.41) is 15.9. The number of phenolic OH excluding ortho intramolecular Hbond substituents is 1. The SMILES string of the molecule is Oc1ccccc1C=NCCNCCNCCC[Si](O)(O)O. The molecule has 0 saturated carbocycles. The zero-order chi connectivity index (χ0) is 16.3. The zero-order valence-electron chi connectivity index (χ0n) is 12.6. The number of aliphatic imine (C=N–C) groups is 1. The highest BCUT2D eigenvalue weighted by molar-refractivity contribution is 6.56. The van der Waals surface area contributed by atoms with Gasteiger partial charge in [-0.1, -0.05) is 12.1 Å². The maximum Gasteiger partial charge on any atom is 0.492 e. The van der Waals surface area contributed by atoms with Crippen LogP contribution in [0.4, 0.5) is 0 Å². The molecule has 0 unspecified atom stereocenters. The highest BCUT2D eigenvalue weighted by Gasteiger charge is 2.25. The predicted molar refractivity (Wildman–Crippen MR) is 88.1 cm³/mol. The van der Waals surface area contributed by atoms with Gasteiger partial charge in [0, 0.05) is 37.5 Å². The van der Waals surface area contributed by atoms with Gasteiger partial charge < -0.3 is 30.1 Å². The predicted octanol–water partition coefficient (Wildman–Crippen LogP) is -0.704. The zero-order valence-corrected chi connectivity index (χ0v) is 13.6. The number of hydrogen-bond acceptors (Lipinski definition) is 7. The highest BCUT2D eigenvalue weighted by atomic mass is 28.4. The minimum atomic E-state index is -3.87. The number of hydrogen-bond donors (Lipinski definition) is 6. The lowest BCUT2D eigenvalue weighted by atomic mass is 10.2. The number of nitrogens with zero attached hydrogens (tertiary/aromatic N) is 1. The average molecular weight is 327 g/mol. The van der Waals surface area contributed by atoms with Gasteiger partial charge in [-0.25, -0.2) is 0 Å². The fraction of sp³-hybridized carbons (Fsp3) is 0.500. The second-order valence-corrected chi connectivity index (χ2v) is 7.02. The molecule has 8 heteroatoms. The van der Waals surface area contributed by atoms with Crippen LogP contribution in [0, 0.1) is 0 Å². The third kappa shape index (κ3) is 9.61. The lowest BCUT2D eigenvalue weighted by Gasteiger charge is -2.09. The van der Waals surface area contributed by atoms with Crippen molar-refractivity contribution in [2.45, 2.75) is 12.5 Å². The molecule has 0 atom stereocenters. The second kappa shape index (κ2) is 10.4. The van der Waals surface area contributed by atoms with Crippen molar-refractivity contribution < 1.29 is 19.5 Å². The first-order chi connectivity index (χ1) is 10.5. The van der Waals surface area contributed by atoms with Gasteiger partial charge in [-0.15, -0.1) is 0 Å². The Bertz CT molecular complexity index is 452. The Labute approximate surface area is 131 Å². The summed E-state index contributed by atoms with van der Waals surface area (Å²) in [7, 11) is -3.87. The van der Waals surface area contributed by atoms with Crippen LogP contribution in [0.25, 0.3) is 0 Å². The molecule has 1 aromatic carbocycles. The van der Waals surface area contributed by atoms with Gasteiger partial charge in [-0.2, -0.15) is 0 Å². The molecule has 7 nitrogen and oxygen atoms in total. The van der Waals surface area contributed by atoms with E-state index in [1.165, 1.54) is 0 Å². The number of nitrogens with one attached hydrogen (secondary N) is 2. The van der Waals surface area contributed by atoms with Crippen molar-refractivity contribution in [3.05, 3.63) is 29.8 Å². The van der Waals surface area contributed by atoms with Crippen LogP contribution in [0.5, 0.6) is 5.75 Å². The molecule has 0 radical (unpaired) electrons. The van der Waals surface area contributed by atoms with Gasteiger partial charge in [0.05, 0.1) is 6.54 Å². The number of benzene rings is 1. The van der Waals surface area contributed by atoms with Crippen LogP contribution in [0.1, 0.15) is 12.0 Å². The highest BCUT2D eigenvalue weighted by Crippen LogP contribution is 2.12. The van der Waals surface area contributed by atoms with Gasteiger partial charge in [0.2, 0.25) is 0 Å². The van der Waals surface area contributed by atoms with E-state index in [0.29, 0.717) is 25.1 Å². The minimum absolute atomic E-state index is 0.0640. The standard InChI is InChI=1S/C14H25N3O4Si/c18-14-5-2-1-4-13(14)12-17-10-9-16-8-7-15-6-3-11-22(19,20)21/h1-2,4-5,12,15-16,18-21H,3,6-11H2. The van der Waals surface area contributed by atoms with Crippen molar-refractivity contribution in [2.24, 2.45) is 4.99 Å². The lowest BCUT2D eigenvalue weighted by molar-refractivity contribution is 0.226. The van der Waals surface area contributed by atoms with E-state index < -0.39 is 8.80 Å². The number of phenols is 1. The summed E-state index contributed by atoms with van der Waals surface area (Å²) in [5.41, 5.74) is 0.709. The topological polar surface area (TPSA) is 117 Å². The number of para-hydroxylation sites is 1. The van der Waals surface area contributed by atoms with Crippen molar-refractivity contribution in [1.82, 2.24) is 10.6 Å². The molecule has 0 saturated heterocycles. The van der Waals surface area contributed by atoms with E-state index in [1.807, 2.05) is 6.07 Å². The summed E-state index contributed by atoms with van der Waals surface area (Å²) in [4.78, 5) is 30.7. The summed E-state index contributed by atoms with van der Waals surface area (Å²) in [6, 6.07) is 7.11. The minimum Gasteiger partial charge on any atom is -0.507 e. The van der Waals surface area contributed by atoms with E-state index in [4.69, 9.17) is 14.4 Å². The summed E-state index contributed by atoms with van der Waals surface area (Å²) in [6.07, 6.45) is 2.20. The van der Waals surface area contributed by atoms with Gasteiger partial charge in [0.15, 0.2) is 0 Å². The fourth-order valence-corrected chi connectivity index (χ4v) is 2.43. The monoisotopic (exact) mass is 327 g/mol. The molecule has 0 aromatic heterocycles. The smallest absolute Gasteiger partial charge is 0.492 e. The summed E-state index contributed by atoms with van der Waals surface area (Å²) in [5.74, 6) is 0.226. The summed E-state index contributed by atoms with van der Waals surface area (Å²) in [6.45, 7) is 3.56. The summed E-state index contributed by atoms with van der Waals surface area (Å²) >= 11 is 0. The molecule has 124 valence electrons. The van der Waals surface area contributed by atoms with Crippen LogP contribution in [0.3, 0.4) is 0 Å². The average Bonchev–Trinajstić information content (AvgIpc) is 2.45.